The van der Waals surface area contributed by atoms with E-state index in [2.05, 4.69) is 15.9 Å². The molecule has 0 unspecified atom stereocenters. The van der Waals surface area contributed by atoms with Crippen molar-refractivity contribution in [3.05, 3.63) is 33.3 Å². The van der Waals surface area contributed by atoms with Crippen molar-refractivity contribution in [1.82, 2.24) is 0 Å². The van der Waals surface area contributed by atoms with E-state index in [-0.39, 0.29) is 18.4 Å². The van der Waals surface area contributed by atoms with Gasteiger partial charge in [0.1, 0.15) is 0 Å². The van der Waals surface area contributed by atoms with Gasteiger partial charge in [-0.1, -0.05) is 40.4 Å². The van der Waals surface area contributed by atoms with E-state index in [0.717, 1.165) is 22.9 Å². The first-order valence-corrected chi connectivity index (χ1v) is 7.15. The molecule has 2 rings (SSSR count). The van der Waals surface area contributed by atoms with Crippen molar-refractivity contribution in [3.63, 3.8) is 0 Å². The zero-order valence-corrected chi connectivity index (χ0v) is 13.1. The standard InChI is InChI=1S/C13H17BrClNO.ClH/c14-11-6-5-9(15)7-10(11)12(16)13(17)8-3-1-2-4-8;/h5-8,12-13,17H,1-4,16H2;1H/t12-,13+;/m0./s1. The lowest BCUT2D eigenvalue weighted by atomic mass is 9.91. The predicted octanol–water partition coefficient (Wildman–Crippen LogP) is 4.08. The van der Waals surface area contributed by atoms with Crippen molar-refractivity contribution in [1.29, 1.82) is 0 Å². The van der Waals surface area contributed by atoms with Crippen molar-refractivity contribution in [3.8, 4) is 0 Å². The summed E-state index contributed by atoms with van der Waals surface area (Å²) in [5.74, 6) is 0.330. The molecule has 1 aliphatic rings. The Morgan fingerprint density at radius 1 is 1.33 bits per heavy atom. The van der Waals surface area contributed by atoms with Gasteiger partial charge >= 0.3 is 0 Å². The van der Waals surface area contributed by atoms with E-state index in [4.69, 9.17) is 17.3 Å². The molecule has 1 aromatic carbocycles. The maximum atomic E-state index is 10.3. The van der Waals surface area contributed by atoms with Gasteiger partial charge in [0.15, 0.2) is 0 Å². The van der Waals surface area contributed by atoms with Crippen LogP contribution < -0.4 is 5.73 Å². The molecule has 2 nitrogen and oxygen atoms in total. The van der Waals surface area contributed by atoms with E-state index in [1.54, 1.807) is 0 Å². The molecular weight excluding hydrogens is 337 g/mol. The van der Waals surface area contributed by atoms with Gasteiger partial charge in [0.25, 0.3) is 0 Å². The van der Waals surface area contributed by atoms with Crippen LogP contribution in [0.2, 0.25) is 5.02 Å². The third-order valence-electron chi connectivity index (χ3n) is 3.57. The monoisotopic (exact) mass is 353 g/mol. The second-order valence-electron chi connectivity index (χ2n) is 4.73. The van der Waals surface area contributed by atoms with Crippen molar-refractivity contribution >= 4 is 39.9 Å². The Bertz CT molecular complexity index is 397. The molecular formula is C13H18BrCl2NO. The summed E-state index contributed by atoms with van der Waals surface area (Å²) in [4.78, 5) is 0. The Morgan fingerprint density at radius 3 is 2.56 bits per heavy atom. The van der Waals surface area contributed by atoms with Crippen molar-refractivity contribution in [2.24, 2.45) is 11.7 Å². The van der Waals surface area contributed by atoms with E-state index >= 15 is 0 Å². The summed E-state index contributed by atoms with van der Waals surface area (Å²) in [6.45, 7) is 0. The van der Waals surface area contributed by atoms with Gasteiger partial charge in [0.2, 0.25) is 0 Å². The van der Waals surface area contributed by atoms with Crippen LogP contribution in [-0.2, 0) is 0 Å². The topological polar surface area (TPSA) is 46.2 Å². The first-order chi connectivity index (χ1) is 8.09. The third-order valence-corrected chi connectivity index (χ3v) is 4.53. The number of aliphatic hydroxyl groups is 1. The molecule has 3 N–H and O–H groups in total. The zero-order valence-electron chi connectivity index (χ0n) is 9.98. The molecule has 1 aliphatic carbocycles. The zero-order chi connectivity index (χ0) is 12.4. The third kappa shape index (κ3) is 3.61. The van der Waals surface area contributed by atoms with Gasteiger partial charge in [-0.25, -0.2) is 0 Å². The molecule has 2 atom stereocenters. The highest BCUT2D eigenvalue weighted by Crippen LogP contribution is 2.35. The Labute approximate surface area is 127 Å². The summed E-state index contributed by atoms with van der Waals surface area (Å²) in [5.41, 5.74) is 7.04. The van der Waals surface area contributed by atoms with Crippen LogP contribution in [0.5, 0.6) is 0 Å². The van der Waals surface area contributed by atoms with Crippen LogP contribution in [0.1, 0.15) is 37.3 Å². The molecule has 102 valence electrons. The van der Waals surface area contributed by atoms with Crippen LogP contribution in [0, 0.1) is 5.92 Å². The minimum Gasteiger partial charge on any atom is -0.391 e. The minimum absolute atomic E-state index is 0. The normalized spacial score (nSPS) is 19.3. The van der Waals surface area contributed by atoms with Gasteiger partial charge in [-0.3, -0.25) is 0 Å². The number of hydrogen-bond acceptors (Lipinski definition) is 2. The molecule has 0 spiro atoms. The summed E-state index contributed by atoms with van der Waals surface area (Å²) >= 11 is 9.43. The molecule has 1 saturated carbocycles. The first kappa shape index (κ1) is 16.3. The fraction of sp³-hybridized carbons (Fsp3) is 0.538. The van der Waals surface area contributed by atoms with Crippen molar-refractivity contribution < 1.29 is 5.11 Å². The summed E-state index contributed by atoms with van der Waals surface area (Å²) in [5, 5.41) is 10.9. The summed E-state index contributed by atoms with van der Waals surface area (Å²) in [6, 6.07) is 5.14. The van der Waals surface area contributed by atoms with Crippen LogP contribution in [0.25, 0.3) is 0 Å². The van der Waals surface area contributed by atoms with Gasteiger partial charge in [-0.15, -0.1) is 12.4 Å². The highest BCUT2D eigenvalue weighted by atomic mass is 79.9. The first-order valence-electron chi connectivity index (χ1n) is 5.98. The number of hydrogen-bond donors (Lipinski definition) is 2. The van der Waals surface area contributed by atoms with Crippen LogP contribution in [-0.4, -0.2) is 11.2 Å². The Morgan fingerprint density at radius 2 is 1.94 bits per heavy atom. The Kier molecular flexibility index (Phi) is 6.42. The van der Waals surface area contributed by atoms with E-state index < -0.39 is 6.10 Å². The highest BCUT2D eigenvalue weighted by Gasteiger charge is 2.29. The van der Waals surface area contributed by atoms with Crippen molar-refractivity contribution in [2.45, 2.75) is 37.8 Å². The van der Waals surface area contributed by atoms with E-state index in [1.807, 2.05) is 18.2 Å². The van der Waals surface area contributed by atoms with Gasteiger partial charge in [0.05, 0.1) is 12.1 Å². The van der Waals surface area contributed by atoms with Gasteiger partial charge in [-0.05, 0) is 42.5 Å². The fourth-order valence-electron chi connectivity index (χ4n) is 2.55. The Hall–Kier alpha value is 0.200. The van der Waals surface area contributed by atoms with Gasteiger partial charge in [0, 0.05) is 9.50 Å². The molecule has 0 aliphatic heterocycles. The molecule has 0 bridgehead atoms. The van der Waals surface area contributed by atoms with E-state index in [0.29, 0.717) is 10.9 Å². The summed E-state index contributed by atoms with van der Waals surface area (Å²) in [6.07, 6.45) is 4.07. The summed E-state index contributed by atoms with van der Waals surface area (Å²) in [7, 11) is 0. The predicted molar refractivity (Wildman–Crippen MR) is 81.3 cm³/mol. The van der Waals surface area contributed by atoms with Gasteiger partial charge < -0.3 is 10.8 Å². The lowest BCUT2D eigenvalue weighted by molar-refractivity contribution is 0.0843. The lowest BCUT2D eigenvalue weighted by Gasteiger charge is -2.25. The second-order valence-corrected chi connectivity index (χ2v) is 6.02. The average Bonchev–Trinajstić information content (AvgIpc) is 2.84. The minimum atomic E-state index is -0.479. The molecule has 0 radical (unpaired) electrons. The maximum Gasteiger partial charge on any atom is 0.0761 e. The van der Waals surface area contributed by atoms with Crippen molar-refractivity contribution in [2.75, 3.05) is 0 Å². The van der Waals surface area contributed by atoms with E-state index in [1.165, 1.54) is 12.8 Å². The van der Waals surface area contributed by atoms with Crippen LogP contribution in [0.3, 0.4) is 0 Å². The molecule has 0 heterocycles. The quantitative estimate of drug-likeness (QED) is 0.859. The molecule has 0 amide bonds. The molecule has 5 heteroatoms. The largest absolute Gasteiger partial charge is 0.391 e. The van der Waals surface area contributed by atoms with Crippen LogP contribution in [0.15, 0.2) is 22.7 Å². The molecule has 18 heavy (non-hydrogen) atoms. The number of aliphatic hydroxyl groups excluding tert-OH is 1. The number of benzene rings is 1. The maximum absolute atomic E-state index is 10.3. The van der Waals surface area contributed by atoms with Crippen LogP contribution in [0.4, 0.5) is 0 Å². The van der Waals surface area contributed by atoms with Crippen LogP contribution >= 0.6 is 39.9 Å². The summed E-state index contributed by atoms with van der Waals surface area (Å²) < 4.78 is 0.909. The van der Waals surface area contributed by atoms with E-state index in [9.17, 15) is 5.11 Å². The lowest BCUT2D eigenvalue weighted by Crippen LogP contribution is -2.32. The number of rotatable bonds is 3. The molecule has 0 saturated heterocycles. The fourth-order valence-corrected chi connectivity index (χ4v) is 3.24. The van der Waals surface area contributed by atoms with Gasteiger partial charge in [-0.2, -0.15) is 0 Å². The molecule has 1 fully saturated rings. The molecule has 0 aromatic heterocycles. The molecule has 1 aromatic rings. The number of halogens is 3. The number of nitrogens with two attached hydrogens (primary N) is 1. The SMILES string of the molecule is Cl.N[C@@H](c1cc(Cl)ccc1Br)[C@H](O)C1CCCC1. The second kappa shape index (κ2) is 7.11. The average molecular weight is 355 g/mol. The smallest absolute Gasteiger partial charge is 0.0761 e. The highest BCUT2D eigenvalue weighted by molar-refractivity contribution is 9.10. The Balaban J connectivity index is 0.00000162.